The molecule has 168 valence electrons. The van der Waals surface area contributed by atoms with Crippen LogP contribution in [0, 0.1) is 0 Å². The van der Waals surface area contributed by atoms with Gasteiger partial charge in [-0.25, -0.2) is 9.48 Å². The minimum Gasteiger partial charge on any atom is -0.466 e. The molecule has 1 amide bonds. The molecule has 0 spiro atoms. The fourth-order valence-corrected chi connectivity index (χ4v) is 2.99. The Morgan fingerprint density at radius 3 is 2.48 bits per heavy atom. The third-order valence-electron chi connectivity index (χ3n) is 4.55. The number of nitrogens with zero attached hydrogens (tertiary/aromatic N) is 2. The Kier molecular flexibility index (Phi) is 9.67. The van der Waals surface area contributed by atoms with Crippen molar-refractivity contribution in [3.8, 4) is 0 Å². The Hall–Kier alpha value is -3.23. The van der Waals surface area contributed by atoms with Gasteiger partial charge in [-0.1, -0.05) is 38.0 Å². The zero-order valence-corrected chi connectivity index (χ0v) is 18.0. The number of aryl methyl sites for hydroxylation is 1. The summed E-state index contributed by atoms with van der Waals surface area (Å²) in [7, 11) is 0. The number of hydrogen-bond acceptors (Lipinski definition) is 7. The van der Waals surface area contributed by atoms with E-state index in [0.717, 1.165) is 19.3 Å². The number of amides is 1. The second kappa shape index (κ2) is 12.5. The van der Waals surface area contributed by atoms with Crippen LogP contribution in [0.1, 0.15) is 56.4 Å². The average Bonchev–Trinajstić information content (AvgIpc) is 2.77. The Morgan fingerprint density at radius 1 is 1.03 bits per heavy atom. The molecule has 0 bridgehead atoms. The number of hydrogen-bond donors (Lipinski definition) is 1. The number of aromatic nitrogens is 2. The van der Waals surface area contributed by atoms with E-state index in [9.17, 15) is 19.2 Å². The van der Waals surface area contributed by atoms with Crippen molar-refractivity contribution in [1.29, 1.82) is 0 Å². The van der Waals surface area contributed by atoms with Crippen molar-refractivity contribution in [3.63, 3.8) is 0 Å². The average molecular weight is 431 g/mol. The van der Waals surface area contributed by atoms with Gasteiger partial charge in [0.05, 0.1) is 12.0 Å². The fourth-order valence-electron chi connectivity index (χ4n) is 2.99. The lowest BCUT2D eigenvalue weighted by Crippen LogP contribution is -2.31. The van der Waals surface area contributed by atoms with Crippen LogP contribution >= 0.6 is 0 Å². The fraction of sp³-hybridized carbons (Fsp3) is 0.500. The molecule has 2 aromatic rings. The van der Waals surface area contributed by atoms with Crippen molar-refractivity contribution < 1.29 is 23.9 Å². The third kappa shape index (κ3) is 7.20. The highest BCUT2D eigenvalue weighted by molar-refractivity contribution is 6.02. The first-order valence-electron chi connectivity index (χ1n) is 10.6. The van der Waals surface area contributed by atoms with Gasteiger partial charge in [-0.15, -0.1) is 0 Å². The van der Waals surface area contributed by atoms with Crippen LogP contribution in [0.2, 0.25) is 0 Å². The van der Waals surface area contributed by atoms with Crippen LogP contribution in [-0.4, -0.2) is 47.4 Å². The lowest BCUT2D eigenvalue weighted by Gasteiger charge is -2.11. The quantitative estimate of drug-likeness (QED) is 0.404. The van der Waals surface area contributed by atoms with Crippen LogP contribution in [0.4, 0.5) is 0 Å². The van der Waals surface area contributed by atoms with Gasteiger partial charge in [0.1, 0.15) is 0 Å². The highest BCUT2D eigenvalue weighted by Gasteiger charge is 2.19. The number of carbonyl (C=O) groups excluding carboxylic acids is 3. The zero-order chi connectivity index (χ0) is 22.6. The van der Waals surface area contributed by atoms with Crippen LogP contribution < -0.4 is 10.9 Å². The lowest BCUT2D eigenvalue weighted by molar-refractivity contribution is -0.143. The van der Waals surface area contributed by atoms with Gasteiger partial charge in [0.25, 0.3) is 11.5 Å². The van der Waals surface area contributed by atoms with E-state index in [1.807, 2.05) is 0 Å². The van der Waals surface area contributed by atoms with Crippen LogP contribution in [-0.2, 0) is 25.6 Å². The second-order valence-electron chi connectivity index (χ2n) is 6.96. The summed E-state index contributed by atoms with van der Waals surface area (Å²) in [6, 6.07) is 6.70. The van der Waals surface area contributed by atoms with Crippen LogP contribution in [0.3, 0.4) is 0 Å². The number of carbonyl (C=O) groups is 3. The monoisotopic (exact) mass is 431 g/mol. The highest BCUT2D eigenvalue weighted by Crippen LogP contribution is 2.14. The summed E-state index contributed by atoms with van der Waals surface area (Å²) in [5, 5.41) is 7.56. The molecule has 0 aliphatic rings. The van der Waals surface area contributed by atoms with Crippen LogP contribution in [0.15, 0.2) is 29.1 Å². The van der Waals surface area contributed by atoms with Crippen molar-refractivity contribution in [2.24, 2.45) is 0 Å². The summed E-state index contributed by atoms with van der Waals surface area (Å²) in [5.74, 6) is -1.59. The first-order chi connectivity index (χ1) is 15.0. The van der Waals surface area contributed by atoms with E-state index >= 15 is 0 Å². The summed E-state index contributed by atoms with van der Waals surface area (Å²) in [5.41, 5.74) is -0.260. The first kappa shape index (κ1) is 24.0. The first-order valence-corrected chi connectivity index (χ1v) is 10.6. The van der Waals surface area contributed by atoms with E-state index in [0.29, 0.717) is 30.3 Å². The van der Waals surface area contributed by atoms with E-state index < -0.39 is 18.5 Å². The van der Waals surface area contributed by atoms with Gasteiger partial charge >= 0.3 is 11.9 Å². The number of esters is 2. The number of ether oxygens (including phenoxy) is 2. The predicted molar refractivity (Wildman–Crippen MR) is 115 cm³/mol. The summed E-state index contributed by atoms with van der Waals surface area (Å²) < 4.78 is 11.2. The Balaban J connectivity index is 2.00. The molecule has 1 aromatic heterocycles. The molecule has 9 heteroatoms. The van der Waals surface area contributed by atoms with E-state index in [-0.39, 0.29) is 30.2 Å². The summed E-state index contributed by atoms with van der Waals surface area (Å²) in [6.07, 6.45) is 3.32. The van der Waals surface area contributed by atoms with E-state index in [1.54, 1.807) is 31.2 Å². The summed E-state index contributed by atoms with van der Waals surface area (Å²) in [4.78, 5) is 48.5. The molecule has 0 radical (unpaired) electrons. The van der Waals surface area contributed by atoms with E-state index in [4.69, 9.17) is 9.47 Å². The lowest BCUT2D eigenvalue weighted by atomic mass is 10.1. The van der Waals surface area contributed by atoms with Gasteiger partial charge in [0.15, 0.2) is 12.3 Å². The largest absolute Gasteiger partial charge is 0.466 e. The van der Waals surface area contributed by atoms with Gasteiger partial charge < -0.3 is 14.8 Å². The smallest absolute Gasteiger partial charge is 0.359 e. The van der Waals surface area contributed by atoms with Gasteiger partial charge in [-0.05, 0) is 25.8 Å². The molecule has 0 saturated carbocycles. The van der Waals surface area contributed by atoms with Gasteiger partial charge in [0.2, 0.25) is 0 Å². The second-order valence-corrected chi connectivity index (χ2v) is 6.96. The van der Waals surface area contributed by atoms with Crippen LogP contribution in [0.5, 0.6) is 0 Å². The molecular formula is C22H29N3O6. The number of rotatable bonds is 12. The van der Waals surface area contributed by atoms with Gasteiger partial charge in [-0.2, -0.15) is 5.10 Å². The maximum Gasteiger partial charge on any atom is 0.359 e. The SMILES string of the molecule is CCCCCn1nc(C(=O)OCC(=O)NCCCC(=O)OCC)c2ccccc2c1=O. The maximum absolute atomic E-state index is 12.7. The number of fused-ring (bicyclic) bond motifs is 1. The molecule has 9 nitrogen and oxygen atoms in total. The predicted octanol–water partition coefficient (Wildman–Crippen LogP) is 2.20. The van der Waals surface area contributed by atoms with Crippen molar-refractivity contribution >= 4 is 28.6 Å². The minimum absolute atomic E-state index is 0.00168. The molecular weight excluding hydrogens is 402 g/mol. The molecule has 1 aromatic carbocycles. The van der Waals surface area contributed by atoms with Gasteiger partial charge in [-0.3, -0.25) is 14.4 Å². The molecule has 0 aliphatic carbocycles. The number of benzene rings is 1. The molecule has 0 saturated heterocycles. The third-order valence-corrected chi connectivity index (χ3v) is 4.55. The summed E-state index contributed by atoms with van der Waals surface area (Å²) in [6.45, 7) is 4.28. The number of unbranched alkanes of at least 4 members (excludes halogenated alkanes) is 2. The summed E-state index contributed by atoms with van der Waals surface area (Å²) >= 11 is 0. The highest BCUT2D eigenvalue weighted by atomic mass is 16.5. The molecule has 0 aliphatic heterocycles. The molecule has 1 heterocycles. The zero-order valence-electron chi connectivity index (χ0n) is 18.0. The van der Waals surface area contributed by atoms with Crippen molar-refractivity contribution in [1.82, 2.24) is 15.1 Å². The van der Waals surface area contributed by atoms with E-state index in [1.165, 1.54) is 4.68 Å². The van der Waals surface area contributed by atoms with E-state index in [2.05, 4.69) is 17.3 Å². The Labute approximate surface area is 180 Å². The molecule has 1 N–H and O–H groups in total. The Bertz CT molecular complexity index is 969. The van der Waals surface area contributed by atoms with Gasteiger partial charge in [0, 0.05) is 24.9 Å². The molecule has 0 atom stereocenters. The topological polar surface area (TPSA) is 117 Å². The normalized spacial score (nSPS) is 10.6. The Morgan fingerprint density at radius 2 is 1.77 bits per heavy atom. The minimum atomic E-state index is -0.776. The molecule has 0 unspecified atom stereocenters. The van der Waals surface area contributed by atoms with Crippen molar-refractivity contribution in [2.45, 2.75) is 52.5 Å². The van der Waals surface area contributed by atoms with Crippen molar-refractivity contribution in [2.75, 3.05) is 19.8 Å². The maximum atomic E-state index is 12.7. The number of nitrogens with one attached hydrogen (secondary N) is 1. The standard InChI is InChI=1S/C22H29N3O6/c1-3-5-8-14-25-21(28)17-11-7-6-10-16(17)20(24-25)22(29)31-15-18(26)23-13-9-12-19(27)30-4-2/h6-7,10-11H,3-5,8-9,12-15H2,1-2H3,(H,23,26). The molecule has 31 heavy (non-hydrogen) atoms. The van der Waals surface area contributed by atoms with Crippen LogP contribution in [0.25, 0.3) is 10.8 Å². The molecule has 0 fully saturated rings. The van der Waals surface area contributed by atoms with Crippen molar-refractivity contribution in [3.05, 3.63) is 40.3 Å². The molecule has 2 rings (SSSR count).